The van der Waals surface area contributed by atoms with Crippen LogP contribution in [0.15, 0.2) is 18.2 Å². The van der Waals surface area contributed by atoms with Crippen molar-refractivity contribution in [1.82, 2.24) is 0 Å². The minimum absolute atomic E-state index is 0.0500. The minimum atomic E-state index is -0.491. The lowest BCUT2D eigenvalue weighted by Crippen LogP contribution is -2.04. The molecule has 0 amide bonds. The second kappa shape index (κ2) is 3.86. The molecule has 0 radical (unpaired) electrons. The lowest BCUT2D eigenvalue weighted by molar-refractivity contribution is -0.383. The van der Waals surface area contributed by atoms with E-state index in [1.165, 1.54) is 12.1 Å². The fourth-order valence-corrected chi connectivity index (χ4v) is 1.07. The van der Waals surface area contributed by atoms with Crippen LogP contribution in [-0.4, -0.2) is 11.5 Å². The maximum absolute atomic E-state index is 10.5. The first-order chi connectivity index (χ1) is 6.15. The van der Waals surface area contributed by atoms with Gasteiger partial charge in [0, 0.05) is 6.07 Å². The van der Waals surface area contributed by atoms with E-state index in [-0.39, 0.29) is 11.4 Å². The lowest BCUT2D eigenvalue weighted by atomic mass is 10.1. The summed E-state index contributed by atoms with van der Waals surface area (Å²) in [5, 5.41) is 10.5. The van der Waals surface area contributed by atoms with E-state index in [0.29, 0.717) is 13.0 Å². The largest absolute Gasteiger partial charge is 0.393 e. The van der Waals surface area contributed by atoms with Crippen LogP contribution in [0, 0.1) is 10.1 Å². The molecule has 1 rings (SSSR count). The minimum Gasteiger partial charge on any atom is -0.393 e. The molecule has 1 aromatic rings. The Morgan fingerprint density at radius 2 is 2.15 bits per heavy atom. The van der Waals surface area contributed by atoms with Crippen molar-refractivity contribution in [3.8, 4) is 0 Å². The Bertz CT molecular complexity index is 325. The van der Waals surface area contributed by atoms with Crippen LogP contribution in [-0.2, 0) is 6.42 Å². The van der Waals surface area contributed by atoms with E-state index in [0.717, 1.165) is 5.56 Å². The number of benzene rings is 1. The summed E-state index contributed by atoms with van der Waals surface area (Å²) in [6.45, 7) is 0.473. The maximum atomic E-state index is 10.5. The van der Waals surface area contributed by atoms with Gasteiger partial charge in [-0.2, -0.15) is 0 Å². The van der Waals surface area contributed by atoms with Gasteiger partial charge in [0.25, 0.3) is 5.69 Å². The van der Waals surface area contributed by atoms with Crippen molar-refractivity contribution in [2.45, 2.75) is 6.42 Å². The van der Waals surface area contributed by atoms with Gasteiger partial charge in [0.2, 0.25) is 0 Å². The first-order valence-electron chi connectivity index (χ1n) is 3.88. The van der Waals surface area contributed by atoms with Crippen molar-refractivity contribution in [1.29, 1.82) is 0 Å². The van der Waals surface area contributed by atoms with Crippen LogP contribution in [0.5, 0.6) is 0 Å². The molecule has 5 nitrogen and oxygen atoms in total. The van der Waals surface area contributed by atoms with Crippen molar-refractivity contribution in [3.05, 3.63) is 33.9 Å². The van der Waals surface area contributed by atoms with E-state index >= 15 is 0 Å². The van der Waals surface area contributed by atoms with Crippen LogP contribution in [0.1, 0.15) is 5.56 Å². The second-order valence-corrected chi connectivity index (χ2v) is 2.69. The quantitative estimate of drug-likeness (QED) is 0.407. The summed E-state index contributed by atoms with van der Waals surface area (Å²) in [5.41, 5.74) is 11.7. The molecule has 0 spiro atoms. The SMILES string of the molecule is NCCc1ccc(N)c([N+](=O)[O-])c1. The Morgan fingerprint density at radius 3 is 2.69 bits per heavy atom. The number of rotatable bonds is 3. The molecule has 0 aliphatic heterocycles. The molecule has 0 aliphatic rings. The van der Waals surface area contributed by atoms with Crippen molar-refractivity contribution in [2.24, 2.45) is 5.73 Å². The van der Waals surface area contributed by atoms with Crippen molar-refractivity contribution in [3.63, 3.8) is 0 Å². The topological polar surface area (TPSA) is 95.2 Å². The van der Waals surface area contributed by atoms with E-state index in [4.69, 9.17) is 11.5 Å². The van der Waals surface area contributed by atoms with Gasteiger partial charge in [-0.1, -0.05) is 6.07 Å². The molecule has 13 heavy (non-hydrogen) atoms. The van der Waals surface area contributed by atoms with Gasteiger partial charge >= 0.3 is 0 Å². The van der Waals surface area contributed by atoms with E-state index in [1.807, 2.05) is 0 Å². The molecule has 5 heteroatoms. The Labute approximate surface area is 75.5 Å². The number of nitrogen functional groups attached to an aromatic ring is 1. The number of nitrogens with zero attached hydrogens (tertiary/aromatic N) is 1. The average molecular weight is 181 g/mol. The third-order valence-electron chi connectivity index (χ3n) is 1.72. The molecule has 0 saturated carbocycles. The molecule has 0 heterocycles. The highest BCUT2D eigenvalue weighted by Gasteiger charge is 2.10. The van der Waals surface area contributed by atoms with Gasteiger partial charge < -0.3 is 11.5 Å². The van der Waals surface area contributed by atoms with Crippen molar-refractivity contribution in [2.75, 3.05) is 12.3 Å². The third kappa shape index (κ3) is 2.16. The predicted molar refractivity (Wildman–Crippen MR) is 50.3 cm³/mol. The summed E-state index contributed by atoms with van der Waals surface area (Å²) >= 11 is 0. The highest BCUT2D eigenvalue weighted by Crippen LogP contribution is 2.22. The zero-order valence-corrected chi connectivity index (χ0v) is 7.06. The standard InChI is InChI=1S/C8H11N3O2/c9-4-3-6-1-2-7(10)8(5-6)11(12)13/h1-2,5H,3-4,9-10H2. The van der Waals surface area contributed by atoms with Crippen LogP contribution in [0.25, 0.3) is 0 Å². The predicted octanol–water partition coefficient (Wildman–Crippen LogP) is 0.678. The molecule has 0 saturated heterocycles. The molecule has 0 bridgehead atoms. The monoisotopic (exact) mass is 181 g/mol. The number of anilines is 1. The zero-order valence-electron chi connectivity index (χ0n) is 7.06. The number of hydrogen-bond donors (Lipinski definition) is 2. The normalized spacial score (nSPS) is 9.92. The van der Waals surface area contributed by atoms with Crippen molar-refractivity contribution >= 4 is 11.4 Å². The molecule has 0 aliphatic carbocycles. The summed E-state index contributed by atoms with van der Waals surface area (Å²) in [5.74, 6) is 0. The van der Waals surface area contributed by atoms with Crippen LogP contribution in [0.4, 0.5) is 11.4 Å². The zero-order chi connectivity index (χ0) is 9.84. The van der Waals surface area contributed by atoms with Gasteiger partial charge in [0.15, 0.2) is 0 Å². The highest BCUT2D eigenvalue weighted by atomic mass is 16.6. The Morgan fingerprint density at radius 1 is 1.46 bits per heavy atom. The molecule has 4 N–H and O–H groups in total. The van der Waals surface area contributed by atoms with Gasteiger partial charge in [-0.15, -0.1) is 0 Å². The molecule has 0 fully saturated rings. The van der Waals surface area contributed by atoms with E-state index in [2.05, 4.69) is 0 Å². The number of nitrogens with two attached hydrogens (primary N) is 2. The molecule has 1 aromatic carbocycles. The maximum Gasteiger partial charge on any atom is 0.292 e. The van der Waals surface area contributed by atoms with Gasteiger partial charge in [0.1, 0.15) is 5.69 Å². The van der Waals surface area contributed by atoms with Gasteiger partial charge in [0.05, 0.1) is 4.92 Å². The fourth-order valence-electron chi connectivity index (χ4n) is 1.07. The van der Waals surface area contributed by atoms with Crippen LogP contribution in [0.2, 0.25) is 0 Å². The molecule has 70 valence electrons. The first-order valence-corrected chi connectivity index (χ1v) is 3.88. The highest BCUT2D eigenvalue weighted by molar-refractivity contribution is 5.59. The lowest BCUT2D eigenvalue weighted by Gasteiger charge is -2.00. The Kier molecular flexibility index (Phi) is 2.81. The molecule has 0 aromatic heterocycles. The summed E-state index contributed by atoms with van der Waals surface area (Å²) in [6.07, 6.45) is 0.626. The second-order valence-electron chi connectivity index (χ2n) is 2.69. The van der Waals surface area contributed by atoms with E-state index < -0.39 is 4.92 Å². The Balaban J connectivity index is 3.04. The van der Waals surface area contributed by atoms with Crippen LogP contribution < -0.4 is 11.5 Å². The third-order valence-corrected chi connectivity index (χ3v) is 1.72. The van der Waals surface area contributed by atoms with Crippen molar-refractivity contribution < 1.29 is 4.92 Å². The van der Waals surface area contributed by atoms with Crippen LogP contribution >= 0.6 is 0 Å². The van der Waals surface area contributed by atoms with Gasteiger partial charge in [-0.25, -0.2) is 0 Å². The molecular weight excluding hydrogens is 170 g/mol. The molecule has 0 atom stereocenters. The van der Waals surface area contributed by atoms with E-state index in [1.54, 1.807) is 6.07 Å². The van der Waals surface area contributed by atoms with E-state index in [9.17, 15) is 10.1 Å². The molecule has 0 unspecified atom stereocenters. The van der Waals surface area contributed by atoms with Crippen LogP contribution in [0.3, 0.4) is 0 Å². The Hall–Kier alpha value is -1.62. The summed E-state index contributed by atoms with van der Waals surface area (Å²) in [7, 11) is 0. The number of hydrogen-bond acceptors (Lipinski definition) is 4. The summed E-state index contributed by atoms with van der Waals surface area (Å²) in [4.78, 5) is 9.98. The molecular formula is C8H11N3O2. The van der Waals surface area contributed by atoms with Gasteiger partial charge in [-0.05, 0) is 24.6 Å². The number of nitro benzene ring substituents is 1. The summed E-state index contributed by atoms with van der Waals surface area (Å²) < 4.78 is 0. The smallest absolute Gasteiger partial charge is 0.292 e. The summed E-state index contributed by atoms with van der Waals surface area (Å²) in [6, 6.07) is 4.74. The number of nitro groups is 1. The fraction of sp³-hybridized carbons (Fsp3) is 0.250. The van der Waals surface area contributed by atoms with Gasteiger partial charge in [-0.3, -0.25) is 10.1 Å². The first kappa shape index (κ1) is 9.47. The average Bonchev–Trinajstić information content (AvgIpc) is 2.08.